The van der Waals surface area contributed by atoms with Gasteiger partial charge in [-0.1, -0.05) is 34.8 Å². The van der Waals surface area contributed by atoms with Crippen LogP contribution in [0.1, 0.15) is 12.5 Å². The molecule has 8 heteroatoms. The van der Waals surface area contributed by atoms with Crippen molar-refractivity contribution in [3.63, 3.8) is 0 Å². The maximum absolute atomic E-state index is 6.39. The smallest absolute Gasteiger partial charge is 0.211 e. The maximum Gasteiger partial charge on any atom is 0.211 e. The molecule has 0 amide bonds. The van der Waals surface area contributed by atoms with Crippen LogP contribution in [0.5, 0.6) is 0 Å². The number of rotatable bonds is 3. The number of benzene rings is 2. The average molecular weight is 395 g/mol. The lowest BCUT2D eigenvalue weighted by molar-refractivity contribution is 1.20. The number of aromatic nitrogens is 1. The van der Waals surface area contributed by atoms with E-state index in [0.29, 0.717) is 20.8 Å². The van der Waals surface area contributed by atoms with E-state index in [9.17, 15) is 0 Å². The van der Waals surface area contributed by atoms with Gasteiger partial charge in [-0.05, 0) is 43.3 Å². The summed E-state index contributed by atoms with van der Waals surface area (Å²) in [6, 6.07) is 10.8. The largest absolute Gasteiger partial charge is 0.369 e. The van der Waals surface area contributed by atoms with Gasteiger partial charge in [-0.15, -0.1) is 5.10 Å². The van der Waals surface area contributed by atoms with Gasteiger partial charge < -0.3 is 16.5 Å². The van der Waals surface area contributed by atoms with Crippen molar-refractivity contribution in [2.24, 2.45) is 21.7 Å². The Balaban J connectivity index is 2.33. The molecule has 0 aliphatic heterocycles. The zero-order chi connectivity index (χ0) is 18.1. The Bertz CT molecular complexity index is 1020. The van der Waals surface area contributed by atoms with Crippen molar-refractivity contribution < 1.29 is 0 Å². The van der Waals surface area contributed by atoms with Crippen molar-refractivity contribution >= 4 is 57.4 Å². The third kappa shape index (κ3) is 3.58. The summed E-state index contributed by atoms with van der Waals surface area (Å²) < 4.78 is 0. The molecule has 0 spiro atoms. The molecule has 0 bridgehead atoms. The fraction of sp³-hybridized carbons (Fsp3) is 0.0588. The SMILES string of the molecule is C/C(=N/N=C(N)N)c1c(-c2ccc(Cl)cc2Cl)[nH]c2ccc(Cl)cc12. The topological polar surface area (TPSA) is 92.5 Å². The molecule has 1 heterocycles. The van der Waals surface area contributed by atoms with Crippen molar-refractivity contribution in [2.75, 3.05) is 0 Å². The molecule has 0 fully saturated rings. The number of H-pyrrole nitrogens is 1. The quantitative estimate of drug-likeness (QED) is 0.338. The summed E-state index contributed by atoms with van der Waals surface area (Å²) in [4.78, 5) is 3.36. The van der Waals surface area contributed by atoms with Gasteiger partial charge in [0.15, 0.2) is 0 Å². The Morgan fingerprint density at radius 1 is 0.960 bits per heavy atom. The predicted octanol–water partition coefficient (Wildman–Crippen LogP) is 4.79. The van der Waals surface area contributed by atoms with Crippen LogP contribution in [0.4, 0.5) is 0 Å². The van der Waals surface area contributed by atoms with E-state index in [4.69, 9.17) is 46.3 Å². The molecule has 3 aromatic rings. The highest BCUT2D eigenvalue weighted by atomic mass is 35.5. The molecule has 2 aromatic carbocycles. The third-order valence-electron chi connectivity index (χ3n) is 3.64. The number of fused-ring (bicyclic) bond motifs is 1. The van der Waals surface area contributed by atoms with E-state index in [1.165, 1.54) is 0 Å². The minimum absolute atomic E-state index is 0.122. The average Bonchev–Trinajstić information content (AvgIpc) is 2.90. The molecule has 3 rings (SSSR count). The Morgan fingerprint density at radius 2 is 1.64 bits per heavy atom. The van der Waals surface area contributed by atoms with Crippen LogP contribution in [0.15, 0.2) is 46.6 Å². The molecule has 5 nitrogen and oxygen atoms in total. The molecule has 0 aliphatic rings. The molecule has 128 valence electrons. The Hall–Kier alpha value is -2.21. The van der Waals surface area contributed by atoms with Crippen LogP contribution in [-0.4, -0.2) is 16.7 Å². The van der Waals surface area contributed by atoms with Crippen LogP contribution in [0.25, 0.3) is 22.2 Å². The number of guanidine groups is 1. The van der Waals surface area contributed by atoms with E-state index in [-0.39, 0.29) is 5.96 Å². The summed E-state index contributed by atoms with van der Waals surface area (Å²) in [6.07, 6.45) is 0. The molecule has 0 saturated heterocycles. The fourth-order valence-corrected chi connectivity index (χ4v) is 3.29. The zero-order valence-electron chi connectivity index (χ0n) is 13.1. The van der Waals surface area contributed by atoms with E-state index in [1.807, 2.05) is 25.1 Å². The molecule has 0 atom stereocenters. The summed E-state index contributed by atoms with van der Waals surface area (Å²) in [5.74, 6) is -0.122. The van der Waals surface area contributed by atoms with Crippen molar-refractivity contribution in [1.82, 2.24) is 4.98 Å². The van der Waals surface area contributed by atoms with Crippen molar-refractivity contribution in [3.8, 4) is 11.3 Å². The first kappa shape index (κ1) is 17.6. The van der Waals surface area contributed by atoms with Crippen molar-refractivity contribution in [1.29, 1.82) is 0 Å². The predicted molar refractivity (Wildman–Crippen MR) is 107 cm³/mol. The maximum atomic E-state index is 6.39. The number of nitrogens with two attached hydrogens (primary N) is 2. The van der Waals surface area contributed by atoms with E-state index < -0.39 is 0 Å². The van der Waals surface area contributed by atoms with Gasteiger partial charge in [-0.2, -0.15) is 5.10 Å². The minimum Gasteiger partial charge on any atom is -0.369 e. The van der Waals surface area contributed by atoms with Crippen LogP contribution in [0.3, 0.4) is 0 Å². The van der Waals surface area contributed by atoms with Crippen LogP contribution in [0.2, 0.25) is 15.1 Å². The third-order valence-corrected chi connectivity index (χ3v) is 4.42. The highest BCUT2D eigenvalue weighted by molar-refractivity contribution is 6.37. The summed E-state index contributed by atoms with van der Waals surface area (Å²) >= 11 is 18.6. The Morgan fingerprint density at radius 3 is 2.32 bits per heavy atom. The second-order valence-electron chi connectivity index (χ2n) is 5.40. The van der Waals surface area contributed by atoms with Gasteiger partial charge in [-0.3, -0.25) is 0 Å². The Labute approximate surface area is 159 Å². The van der Waals surface area contributed by atoms with Gasteiger partial charge in [-0.25, -0.2) is 0 Å². The normalized spacial score (nSPS) is 11.8. The number of nitrogens with zero attached hydrogens (tertiary/aromatic N) is 2. The minimum atomic E-state index is -0.122. The zero-order valence-corrected chi connectivity index (χ0v) is 15.4. The molecular formula is C17H14Cl3N5. The number of halogens is 3. The lowest BCUT2D eigenvalue weighted by Gasteiger charge is -2.07. The lowest BCUT2D eigenvalue weighted by atomic mass is 10.0. The van der Waals surface area contributed by atoms with E-state index in [0.717, 1.165) is 27.7 Å². The fourth-order valence-electron chi connectivity index (χ4n) is 2.62. The van der Waals surface area contributed by atoms with E-state index >= 15 is 0 Å². The second-order valence-corrected chi connectivity index (χ2v) is 6.68. The first-order chi connectivity index (χ1) is 11.9. The summed E-state index contributed by atoms with van der Waals surface area (Å²) in [7, 11) is 0. The molecule has 0 unspecified atom stereocenters. The summed E-state index contributed by atoms with van der Waals surface area (Å²) in [6.45, 7) is 1.81. The standard InChI is InChI=1S/C17H14Cl3N5/c1-8(24-25-17(21)22)15-12-6-9(18)3-5-14(12)23-16(15)11-4-2-10(19)7-13(11)20/h2-7,23H,1H3,(H4,21,22,25)/b24-8-. The molecule has 0 aliphatic carbocycles. The van der Waals surface area contributed by atoms with Crippen LogP contribution < -0.4 is 11.5 Å². The molecule has 5 N–H and O–H groups in total. The highest BCUT2D eigenvalue weighted by Crippen LogP contribution is 2.37. The monoisotopic (exact) mass is 393 g/mol. The first-order valence-electron chi connectivity index (χ1n) is 7.27. The summed E-state index contributed by atoms with van der Waals surface area (Å²) in [5, 5.41) is 10.4. The van der Waals surface area contributed by atoms with Crippen LogP contribution in [0, 0.1) is 0 Å². The summed E-state index contributed by atoms with van der Waals surface area (Å²) in [5.41, 5.74) is 14.6. The van der Waals surface area contributed by atoms with Gasteiger partial charge in [0.2, 0.25) is 5.96 Å². The van der Waals surface area contributed by atoms with Gasteiger partial charge in [0.1, 0.15) is 0 Å². The first-order valence-corrected chi connectivity index (χ1v) is 8.40. The Kier molecular flexibility index (Phi) is 4.90. The van der Waals surface area contributed by atoms with Crippen LogP contribution >= 0.6 is 34.8 Å². The van der Waals surface area contributed by atoms with Gasteiger partial charge in [0.25, 0.3) is 0 Å². The second kappa shape index (κ2) is 6.96. The highest BCUT2D eigenvalue weighted by Gasteiger charge is 2.18. The number of aromatic amines is 1. The van der Waals surface area contributed by atoms with E-state index in [2.05, 4.69) is 15.2 Å². The number of hydrogen-bond acceptors (Lipinski definition) is 2. The number of nitrogens with one attached hydrogen (secondary N) is 1. The molecular weight excluding hydrogens is 381 g/mol. The molecule has 0 radical (unpaired) electrons. The van der Waals surface area contributed by atoms with Gasteiger partial charge >= 0.3 is 0 Å². The number of hydrogen-bond donors (Lipinski definition) is 3. The van der Waals surface area contributed by atoms with Crippen LogP contribution in [-0.2, 0) is 0 Å². The van der Waals surface area contributed by atoms with Gasteiger partial charge in [0.05, 0.1) is 16.4 Å². The van der Waals surface area contributed by atoms with Gasteiger partial charge in [0, 0.05) is 32.1 Å². The van der Waals surface area contributed by atoms with Crippen molar-refractivity contribution in [3.05, 3.63) is 57.0 Å². The van der Waals surface area contributed by atoms with Crippen molar-refractivity contribution in [2.45, 2.75) is 6.92 Å². The van der Waals surface area contributed by atoms with E-state index in [1.54, 1.807) is 18.2 Å². The molecule has 0 saturated carbocycles. The molecule has 1 aromatic heterocycles. The lowest BCUT2D eigenvalue weighted by Crippen LogP contribution is -2.22. The molecule has 25 heavy (non-hydrogen) atoms.